The highest BCUT2D eigenvalue weighted by Crippen LogP contribution is 2.26. The molecule has 0 amide bonds. The Hall–Kier alpha value is -1.58. The number of hydrogen-bond donors (Lipinski definition) is 2. The van der Waals surface area contributed by atoms with Crippen LogP contribution in [-0.4, -0.2) is 29.3 Å². The van der Waals surface area contributed by atoms with Gasteiger partial charge in [0.1, 0.15) is 6.54 Å². The molecule has 0 aliphatic heterocycles. The first-order valence-corrected chi connectivity index (χ1v) is 8.15. The van der Waals surface area contributed by atoms with Crippen LogP contribution in [0.15, 0.2) is 40.0 Å². The molecule has 0 spiro atoms. The summed E-state index contributed by atoms with van der Waals surface area (Å²) in [7, 11) is -3.81. The number of aromatic nitrogens is 2. The third-order valence-corrected chi connectivity index (χ3v) is 4.98. The van der Waals surface area contributed by atoms with Gasteiger partial charge in [0.25, 0.3) is 10.0 Å². The van der Waals surface area contributed by atoms with Crippen molar-refractivity contribution in [3.63, 3.8) is 0 Å². The lowest BCUT2D eigenvalue weighted by Crippen LogP contribution is -2.13. The number of benzene rings is 1. The van der Waals surface area contributed by atoms with Gasteiger partial charge in [0, 0.05) is 10.7 Å². The zero-order valence-electron chi connectivity index (χ0n) is 10.3. The van der Waals surface area contributed by atoms with E-state index in [1.807, 2.05) is 0 Å². The van der Waals surface area contributed by atoms with E-state index in [1.165, 1.54) is 30.6 Å². The van der Waals surface area contributed by atoms with E-state index >= 15 is 0 Å². The van der Waals surface area contributed by atoms with Gasteiger partial charge in [-0.05, 0) is 34.1 Å². The Morgan fingerprint density at radius 3 is 2.81 bits per heavy atom. The van der Waals surface area contributed by atoms with Gasteiger partial charge in [0.2, 0.25) is 0 Å². The first kappa shape index (κ1) is 15.8. The average molecular weight is 395 g/mol. The maximum Gasteiger partial charge on any atom is 0.325 e. The second-order valence-electron chi connectivity index (χ2n) is 4.00. The summed E-state index contributed by atoms with van der Waals surface area (Å²) >= 11 is 8.96. The largest absolute Gasteiger partial charge is 0.480 e. The normalized spacial score (nSPS) is 11.3. The number of carbonyl (C=O) groups is 1. The molecule has 10 heteroatoms. The topological polar surface area (TPSA) is 101 Å². The number of anilines is 1. The molecule has 1 heterocycles. The van der Waals surface area contributed by atoms with Gasteiger partial charge in [0.05, 0.1) is 21.8 Å². The van der Waals surface area contributed by atoms with Crippen LogP contribution in [0, 0.1) is 0 Å². The lowest BCUT2D eigenvalue weighted by atomic mass is 10.4. The number of aliphatic carboxylic acids is 1. The molecule has 2 N–H and O–H groups in total. The molecule has 0 saturated carbocycles. The third-order valence-electron chi connectivity index (χ3n) is 2.38. The second kappa shape index (κ2) is 6.04. The molecule has 2 rings (SSSR count). The lowest BCUT2D eigenvalue weighted by Gasteiger charge is -2.06. The molecule has 0 radical (unpaired) electrons. The Bertz CT molecular complexity index is 791. The van der Waals surface area contributed by atoms with Gasteiger partial charge < -0.3 is 5.11 Å². The van der Waals surface area contributed by atoms with Crippen molar-refractivity contribution in [2.24, 2.45) is 0 Å². The summed E-state index contributed by atoms with van der Waals surface area (Å²) in [6.45, 7) is -0.353. The minimum Gasteiger partial charge on any atom is -0.480 e. The fraction of sp³-hybridized carbons (Fsp3) is 0.0909. The van der Waals surface area contributed by atoms with Crippen LogP contribution >= 0.6 is 27.5 Å². The van der Waals surface area contributed by atoms with Crippen LogP contribution in [0.3, 0.4) is 0 Å². The van der Waals surface area contributed by atoms with E-state index in [9.17, 15) is 13.2 Å². The standard InChI is InChI=1S/C11H9BrClN3O4S/c12-9-3-8(1-2-10(9)13)21(19,20)15-7-4-14-16(5-7)6-11(17)18/h1-5,15H,6H2,(H,17,18). The van der Waals surface area contributed by atoms with Crippen LogP contribution in [-0.2, 0) is 21.4 Å². The summed E-state index contributed by atoms with van der Waals surface area (Å²) in [5.41, 5.74) is 0.169. The van der Waals surface area contributed by atoms with E-state index in [2.05, 4.69) is 25.8 Å². The number of sulfonamides is 1. The van der Waals surface area contributed by atoms with Crippen molar-refractivity contribution in [2.75, 3.05) is 4.72 Å². The van der Waals surface area contributed by atoms with Crippen molar-refractivity contribution in [1.82, 2.24) is 9.78 Å². The molecule has 0 saturated heterocycles. The molecule has 7 nitrogen and oxygen atoms in total. The highest BCUT2D eigenvalue weighted by Gasteiger charge is 2.16. The predicted molar refractivity (Wildman–Crippen MR) is 79.8 cm³/mol. The molecule has 0 unspecified atom stereocenters. The van der Waals surface area contributed by atoms with Gasteiger partial charge in [-0.2, -0.15) is 5.10 Å². The van der Waals surface area contributed by atoms with Crippen LogP contribution in [0.5, 0.6) is 0 Å². The molecular formula is C11H9BrClN3O4S. The molecule has 1 aromatic carbocycles. The van der Waals surface area contributed by atoms with E-state index in [-0.39, 0.29) is 17.1 Å². The quantitative estimate of drug-likeness (QED) is 0.809. The average Bonchev–Trinajstić information content (AvgIpc) is 2.78. The van der Waals surface area contributed by atoms with Crippen LogP contribution in [0.25, 0.3) is 0 Å². The maximum atomic E-state index is 12.2. The Morgan fingerprint density at radius 1 is 1.48 bits per heavy atom. The van der Waals surface area contributed by atoms with Gasteiger partial charge in [-0.1, -0.05) is 11.6 Å². The summed E-state index contributed by atoms with van der Waals surface area (Å²) in [6, 6.07) is 4.18. The van der Waals surface area contributed by atoms with Crippen molar-refractivity contribution >= 4 is 49.2 Å². The third kappa shape index (κ3) is 3.96. The molecule has 0 aliphatic carbocycles. The highest BCUT2D eigenvalue weighted by molar-refractivity contribution is 9.10. The van der Waals surface area contributed by atoms with Gasteiger partial charge in [-0.15, -0.1) is 0 Å². The van der Waals surface area contributed by atoms with Gasteiger partial charge in [0.15, 0.2) is 0 Å². The van der Waals surface area contributed by atoms with Crippen LogP contribution in [0.4, 0.5) is 5.69 Å². The number of carboxylic acid groups (broad SMARTS) is 1. The molecule has 0 atom stereocenters. The summed E-state index contributed by atoms with van der Waals surface area (Å²) in [5.74, 6) is -1.07. The number of halogens is 2. The molecular weight excluding hydrogens is 386 g/mol. The molecule has 21 heavy (non-hydrogen) atoms. The fourth-order valence-corrected chi connectivity index (χ4v) is 3.20. The molecule has 2 aromatic rings. The Morgan fingerprint density at radius 2 is 2.19 bits per heavy atom. The molecule has 0 fully saturated rings. The lowest BCUT2D eigenvalue weighted by molar-refractivity contribution is -0.137. The van der Waals surface area contributed by atoms with E-state index < -0.39 is 16.0 Å². The van der Waals surface area contributed by atoms with Crippen molar-refractivity contribution < 1.29 is 18.3 Å². The van der Waals surface area contributed by atoms with E-state index in [0.717, 1.165) is 4.68 Å². The van der Waals surface area contributed by atoms with Crippen molar-refractivity contribution in [2.45, 2.75) is 11.4 Å². The first-order chi connectivity index (χ1) is 9.78. The van der Waals surface area contributed by atoms with Crippen molar-refractivity contribution in [3.8, 4) is 0 Å². The number of nitrogens with zero attached hydrogens (tertiary/aromatic N) is 2. The number of hydrogen-bond acceptors (Lipinski definition) is 4. The summed E-state index contributed by atoms with van der Waals surface area (Å²) in [5, 5.41) is 12.8. The summed E-state index contributed by atoms with van der Waals surface area (Å²) in [6.07, 6.45) is 2.52. The van der Waals surface area contributed by atoms with Crippen LogP contribution in [0.1, 0.15) is 0 Å². The Labute approximate surface area is 133 Å². The van der Waals surface area contributed by atoms with E-state index in [4.69, 9.17) is 16.7 Å². The molecule has 1 aromatic heterocycles. The van der Waals surface area contributed by atoms with Crippen LogP contribution in [0.2, 0.25) is 5.02 Å². The van der Waals surface area contributed by atoms with Crippen LogP contribution < -0.4 is 4.72 Å². The Kier molecular flexibility index (Phi) is 4.55. The molecule has 0 aliphatic rings. The SMILES string of the molecule is O=C(O)Cn1cc(NS(=O)(=O)c2ccc(Cl)c(Br)c2)cn1. The molecule has 0 bridgehead atoms. The van der Waals surface area contributed by atoms with Crippen molar-refractivity contribution in [1.29, 1.82) is 0 Å². The first-order valence-electron chi connectivity index (χ1n) is 5.50. The zero-order chi connectivity index (χ0) is 15.6. The Balaban J connectivity index is 2.22. The van der Waals surface area contributed by atoms with E-state index in [1.54, 1.807) is 0 Å². The minimum absolute atomic E-state index is 0.0183. The van der Waals surface area contributed by atoms with Gasteiger partial charge in [-0.3, -0.25) is 14.2 Å². The second-order valence-corrected chi connectivity index (χ2v) is 6.95. The molecule has 112 valence electrons. The monoisotopic (exact) mass is 393 g/mol. The maximum absolute atomic E-state index is 12.2. The highest BCUT2D eigenvalue weighted by atomic mass is 79.9. The van der Waals surface area contributed by atoms with Gasteiger partial charge in [-0.25, -0.2) is 8.42 Å². The fourth-order valence-electron chi connectivity index (χ4n) is 1.50. The van der Waals surface area contributed by atoms with Crippen molar-refractivity contribution in [3.05, 3.63) is 40.1 Å². The zero-order valence-corrected chi connectivity index (χ0v) is 13.5. The smallest absolute Gasteiger partial charge is 0.325 e. The number of carboxylic acids is 1. The van der Waals surface area contributed by atoms with E-state index in [0.29, 0.717) is 9.50 Å². The summed E-state index contributed by atoms with van der Waals surface area (Å²) in [4.78, 5) is 10.6. The summed E-state index contributed by atoms with van der Waals surface area (Å²) < 4.78 is 28.2. The number of rotatable bonds is 5. The van der Waals surface area contributed by atoms with Gasteiger partial charge >= 0.3 is 5.97 Å². The predicted octanol–water partition coefficient (Wildman–Crippen LogP) is 2.18. The minimum atomic E-state index is -3.81. The number of nitrogens with one attached hydrogen (secondary N) is 1.